The molecule has 6 rings (SSSR count). The number of para-hydroxylation sites is 2. The summed E-state index contributed by atoms with van der Waals surface area (Å²) in [4.78, 5) is 20.0. The van der Waals surface area contributed by atoms with Gasteiger partial charge in [-0.2, -0.15) is 0 Å². The molecule has 1 aromatic heterocycles. The average molecular weight is 476 g/mol. The molecule has 1 amide bonds. The molecule has 2 aromatic carbocycles. The highest BCUT2D eigenvalue weighted by molar-refractivity contribution is 7.99. The van der Waals surface area contributed by atoms with Crippen molar-refractivity contribution in [3.63, 3.8) is 0 Å². The monoisotopic (exact) mass is 475 g/mol. The molecule has 178 valence electrons. The van der Waals surface area contributed by atoms with Crippen LogP contribution in [0, 0.1) is 6.92 Å². The second kappa shape index (κ2) is 9.29. The van der Waals surface area contributed by atoms with Crippen molar-refractivity contribution in [2.75, 3.05) is 55.8 Å². The highest BCUT2D eigenvalue weighted by atomic mass is 32.2. The summed E-state index contributed by atoms with van der Waals surface area (Å²) in [5, 5.41) is 4.85. The average Bonchev–Trinajstić information content (AvgIpc) is 3.65. The summed E-state index contributed by atoms with van der Waals surface area (Å²) in [7, 11) is 0. The number of nitrogens with zero attached hydrogens (tertiary/aromatic N) is 4. The van der Waals surface area contributed by atoms with Crippen molar-refractivity contribution in [3.05, 3.63) is 60.2 Å². The van der Waals surface area contributed by atoms with Crippen LogP contribution in [0.15, 0.2) is 54.6 Å². The number of benzene rings is 2. The predicted octanol–water partition coefficient (Wildman–Crippen LogP) is 3.32. The largest absolute Gasteiger partial charge is 0.355 e. The number of anilines is 1. The van der Waals surface area contributed by atoms with Crippen LogP contribution in [0.25, 0.3) is 16.6 Å². The minimum absolute atomic E-state index is 0.00964. The van der Waals surface area contributed by atoms with Crippen LogP contribution >= 0.6 is 11.8 Å². The summed E-state index contributed by atoms with van der Waals surface area (Å²) in [6.07, 6.45) is 0.934. The molecule has 0 radical (unpaired) electrons. The summed E-state index contributed by atoms with van der Waals surface area (Å²) < 4.78 is 2.43. The number of nitrogens with one attached hydrogen (secondary N) is 1. The van der Waals surface area contributed by atoms with E-state index in [0.717, 1.165) is 57.3 Å². The van der Waals surface area contributed by atoms with Crippen LogP contribution in [0.2, 0.25) is 0 Å². The molecule has 0 spiro atoms. The van der Waals surface area contributed by atoms with E-state index >= 15 is 0 Å². The van der Waals surface area contributed by atoms with Gasteiger partial charge < -0.3 is 15.1 Å². The summed E-state index contributed by atoms with van der Waals surface area (Å²) in [5.74, 6) is 3.54. The minimum Gasteiger partial charge on any atom is -0.355 e. The fourth-order valence-corrected chi connectivity index (χ4v) is 6.85. The van der Waals surface area contributed by atoms with E-state index in [-0.39, 0.29) is 6.04 Å². The fraction of sp³-hybridized carbons (Fsp3) is 0.444. The third-order valence-corrected chi connectivity index (χ3v) is 8.68. The molecule has 2 atom stereocenters. The Kier molecular flexibility index (Phi) is 6.01. The van der Waals surface area contributed by atoms with Crippen molar-refractivity contribution < 1.29 is 4.79 Å². The predicted molar refractivity (Wildman–Crippen MR) is 141 cm³/mol. The van der Waals surface area contributed by atoms with Crippen molar-refractivity contribution in [3.8, 4) is 5.69 Å². The van der Waals surface area contributed by atoms with E-state index in [1.807, 2.05) is 16.7 Å². The zero-order valence-corrected chi connectivity index (χ0v) is 20.6. The lowest BCUT2D eigenvalue weighted by atomic mass is 10.1. The van der Waals surface area contributed by atoms with Crippen LogP contribution in [0.1, 0.15) is 12.0 Å². The molecule has 3 fully saturated rings. The van der Waals surface area contributed by atoms with E-state index in [1.165, 1.54) is 28.0 Å². The molecule has 7 heteroatoms. The van der Waals surface area contributed by atoms with Gasteiger partial charge in [-0.3, -0.25) is 14.3 Å². The highest BCUT2D eigenvalue weighted by Crippen LogP contribution is 2.36. The first-order chi connectivity index (χ1) is 16.7. The van der Waals surface area contributed by atoms with Crippen molar-refractivity contribution in [1.29, 1.82) is 0 Å². The van der Waals surface area contributed by atoms with Crippen LogP contribution in [0.5, 0.6) is 0 Å². The van der Waals surface area contributed by atoms with Crippen LogP contribution in [0.3, 0.4) is 0 Å². The van der Waals surface area contributed by atoms with Gasteiger partial charge in [-0.15, -0.1) is 11.8 Å². The quantitative estimate of drug-likeness (QED) is 0.627. The van der Waals surface area contributed by atoms with Crippen LogP contribution in [0.4, 0.5) is 5.82 Å². The van der Waals surface area contributed by atoms with Crippen LogP contribution in [-0.2, 0) is 4.79 Å². The van der Waals surface area contributed by atoms with Crippen molar-refractivity contribution in [2.45, 2.75) is 25.4 Å². The number of fused-ring (bicyclic) bond motifs is 1. The van der Waals surface area contributed by atoms with Gasteiger partial charge in [0.25, 0.3) is 0 Å². The standard InChI is InChI=1S/C27H33N5OS/c1-20-23-9-5-6-10-25(23)32(21-7-3-2-4-8-21)26(20)30-13-11-29(12-14-30)22-17-24(28-18-22)27(33)31-15-16-34-19-31/h2-10,22,24,28H,11-19H2,1H3/t22-,24-/m0/s1. The first-order valence-corrected chi connectivity index (χ1v) is 13.6. The van der Waals surface area contributed by atoms with Crippen molar-refractivity contribution in [2.24, 2.45) is 0 Å². The third kappa shape index (κ3) is 3.89. The number of carbonyl (C=O) groups is 1. The van der Waals surface area contributed by atoms with Gasteiger partial charge in [0.2, 0.25) is 5.91 Å². The maximum atomic E-state index is 12.8. The number of carbonyl (C=O) groups excluding carboxylic acids is 1. The Labute approximate surface area is 205 Å². The maximum Gasteiger partial charge on any atom is 0.240 e. The van der Waals surface area contributed by atoms with Gasteiger partial charge in [-0.1, -0.05) is 36.4 Å². The first kappa shape index (κ1) is 22.0. The van der Waals surface area contributed by atoms with Crippen LogP contribution in [-0.4, -0.2) is 83.3 Å². The molecule has 34 heavy (non-hydrogen) atoms. The van der Waals surface area contributed by atoms with Gasteiger partial charge in [0.1, 0.15) is 5.82 Å². The van der Waals surface area contributed by atoms with Gasteiger partial charge in [0.05, 0.1) is 17.4 Å². The SMILES string of the molecule is Cc1c(N2CCN([C@@H]3CN[C@H](C(=O)N4CCSC4)C3)CC2)n(-c2ccccc2)c2ccccc12. The van der Waals surface area contributed by atoms with Gasteiger partial charge in [0, 0.05) is 62.1 Å². The van der Waals surface area contributed by atoms with Crippen molar-refractivity contribution >= 4 is 34.4 Å². The minimum atomic E-state index is -0.00964. The normalized spacial score (nSPS) is 23.8. The van der Waals surface area contributed by atoms with E-state index in [9.17, 15) is 4.79 Å². The van der Waals surface area contributed by atoms with E-state index < -0.39 is 0 Å². The molecular weight excluding hydrogens is 442 g/mol. The lowest BCUT2D eigenvalue weighted by molar-refractivity contribution is -0.131. The highest BCUT2D eigenvalue weighted by Gasteiger charge is 2.37. The van der Waals surface area contributed by atoms with Gasteiger partial charge in [0.15, 0.2) is 0 Å². The lowest BCUT2D eigenvalue weighted by Crippen LogP contribution is -2.51. The van der Waals surface area contributed by atoms with Gasteiger partial charge in [-0.05, 0) is 37.1 Å². The molecular formula is C27H33N5OS. The summed E-state index contributed by atoms with van der Waals surface area (Å²) >= 11 is 1.86. The summed E-state index contributed by atoms with van der Waals surface area (Å²) in [5.41, 5.74) is 3.83. The summed E-state index contributed by atoms with van der Waals surface area (Å²) in [6, 6.07) is 19.9. The Morgan fingerprint density at radius 2 is 1.74 bits per heavy atom. The number of hydrogen-bond acceptors (Lipinski definition) is 5. The Morgan fingerprint density at radius 1 is 0.971 bits per heavy atom. The Morgan fingerprint density at radius 3 is 2.50 bits per heavy atom. The molecule has 3 saturated heterocycles. The second-order valence-corrected chi connectivity index (χ2v) is 10.7. The zero-order chi connectivity index (χ0) is 23.1. The second-order valence-electron chi connectivity index (χ2n) is 9.65. The zero-order valence-electron chi connectivity index (χ0n) is 19.8. The molecule has 3 aliphatic heterocycles. The molecule has 1 N–H and O–H groups in total. The topological polar surface area (TPSA) is 43.8 Å². The molecule has 0 saturated carbocycles. The van der Waals surface area contributed by atoms with Crippen molar-refractivity contribution in [1.82, 2.24) is 19.7 Å². The number of aryl methyl sites for hydroxylation is 1. The van der Waals surface area contributed by atoms with E-state index in [0.29, 0.717) is 11.9 Å². The number of piperazine rings is 1. The molecule has 0 unspecified atom stereocenters. The third-order valence-electron chi connectivity index (χ3n) is 7.71. The number of rotatable bonds is 4. The first-order valence-electron chi connectivity index (χ1n) is 12.4. The molecule has 0 bridgehead atoms. The molecule has 6 nitrogen and oxygen atoms in total. The number of thioether (sulfide) groups is 1. The maximum absolute atomic E-state index is 12.8. The van der Waals surface area contributed by atoms with Gasteiger partial charge in [-0.25, -0.2) is 0 Å². The number of hydrogen-bond donors (Lipinski definition) is 1. The van der Waals surface area contributed by atoms with E-state index in [1.54, 1.807) is 0 Å². The van der Waals surface area contributed by atoms with Crippen LogP contribution < -0.4 is 10.2 Å². The summed E-state index contributed by atoms with van der Waals surface area (Å²) in [6.45, 7) is 8.15. The molecule has 0 aliphatic carbocycles. The smallest absolute Gasteiger partial charge is 0.240 e. The number of amides is 1. The number of aromatic nitrogens is 1. The Hall–Kier alpha value is -2.48. The lowest BCUT2D eigenvalue weighted by Gasteiger charge is -2.39. The Balaban J connectivity index is 1.19. The van der Waals surface area contributed by atoms with E-state index in [2.05, 4.69) is 81.2 Å². The van der Waals surface area contributed by atoms with E-state index in [4.69, 9.17) is 0 Å². The molecule has 4 heterocycles. The van der Waals surface area contributed by atoms with Gasteiger partial charge >= 0.3 is 0 Å². The fourth-order valence-electron chi connectivity index (χ4n) is 5.90. The molecule has 3 aromatic rings. The molecule has 3 aliphatic rings. The Bertz CT molecular complexity index is 1160.